The molecule has 0 aromatic rings. The van der Waals surface area contributed by atoms with E-state index in [2.05, 4.69) is 18.7 Å². The highest BCUT2D eigenvalue weighted by Gasteiger charge is 2.40. The predicted octanol–water partition coefficient (Wildman–Crippen LogP) is 0.998. The topological polar surface area (TPSA) is 40.6 Å². The monoisotopic (exact) mass is 260 g/mol. The third-order valence-electron chi connectivity index (χ3n) is 4.25. The van der Waals surface area contributed by atoms with Gasteiger partial charge in [-0.15, -0.1) is 0 Å². The summed E-state index contributed by atoms with van der Waals surface area (Å²) >= 11 is 0. The molecular formula is C12H24N2O2S. The standard InChI is InChI=1S/C12H24N2O2S/c1-10(2)11-4-6-14(7-5-11)17(15,16)12-8-13(3)9-12/h10-12H,4-9H2,1-3H3. The maximum atomic E-state index is 12.3. The number of nitrogens with zero attached hydrogens (tertiary/aromatic N) is 2. The quantitative estimate of drug-likeness (QED) is 0.760. The molecular weight excluding hydrogens is 236 g/mol. The molecule has 0 radical (unpaired) electrons. The summed E-state index contributed by atoms with van der Waals surface area (Å²) < 4.78 is 26.3. The molecule has 0 aromatic heterocycles. The fourth-order valence-corrected chi connectivity index (χ4v) is 4.87. The normalized spacial score (nSPS) is 26.4. The van der Waals surface area contributed by atoms with Crippen LogP contribution >= 0.6 is 0 Å². The Balaban J connectivity index is 1.92. The van der Waals surface area contributed by atoms with Gasteiger partial charge in [-0.3, -0.25) is 0 Å². The van der Waals surface area contributed by atoms with Gasteiger partial charge in [0.15, 0.2) is 0 Å². The summed E-state index contributed by atoms with van der Waals surface area (Å²) in [5.41, 5.74) is 0. The smallest absolute Gasteiger partial charge is 0.219 e. The van der Waals surface area contributed by atoms with Gasteiger partial charge in [-0.1, -0.05) is 13.8 Å². The first kappa shape index (κ1) is 13.3. The van der Waals surface area contributed by atoms with Crippen molar-refractivity contribution in [1.29, 1.82) is 0 Å². The van der Waals surface area contributed by atoms with Gasteiger partial charge in [-0.25, -0.2) is 12.7 Å². The fraction of sp³-hybridized carbons (Fsp3) is 1.00. The predicted molar refractivity (Wildman–Crippen MR) is 69.3 cm³/mol. The summed E-state index contributed by atoms with van der Waals surface area (Å²) in [6, 6.07) is 0. The van der Waals surface area contributed by atoms with E-state index >= 15 is 0 Å². The molecule has 2 heterocycles. The van der Waals surface area contributed by atoms with Gasteiger partial charge in [0, 0.05) is 26.2 Å². The number of hydrogen-bond donors (Lipinski definition) is 0. The van der Waals surface area contributed by atoms with Crippen LogP contribution in [0.4, 0.5) is 0 Å². The van der Waals surface area contributed by atoms with Crippen molar-refractivity contribution >= 4 is 10.0 Å². The van der Waals surface area contributed by atoms with E-state index in [0.717, 1.165) is 25.9 Å². The van der Waals surface area contributed by atoms with Crippen LogP contribution < -0.4 is 0 Å². The second-order valence-corrected chi connectivity index (χ2v) is 8.08. The SMILES string of the molecule is CC(C)C1CCN(S(=O)(=O)C2CN(C)C2)CC1. The van der Waals surface area contributed by atoms with E-state index in [0.29, 0.717) is 24.9 Å². The molecule has 2 fully saturated rings. The Kier molecular flexibility index (Phi) is 3.80. The molecule has 5 heteroatoms. The van der Waals surface area contributed by atoms with Crippen molar-refractivity contribution in [2.75, 3.05) is 33.2 Å². The van der Waals surface area contributed by atoms with Crippen molar-refractivity contribution in [3.8, 4) is 0 Å². The molecule has 0 bridgehead atoms. The van der Waals surface area contributed by atoms with Crippen LogP contribution in [0.1, 0.15) is 26.7 Å². The molecule has 0 amide bonds. The van der Waals surface area contributed by atoms with Crippen LogP contribution in [0.15, 0.2) is 0 Å². The van der Waals surface area contributed by atoms with Gasteiger partial charge < -0.3 is 4.90 Å². The molecule has 2 aliphatic rings. The van der Waals surface area contributed by atoms with Crippen LogP contribution in [0.3, 0.4) is 0 Å². The van der Waals surface area contributed by atoms with E-state index < -0.39 is 10.0 Å². The molecule has 0 atom stereocenters. The van der Waals surface area contributed by atoms with Crippen LogP contribution in [-0.2, 0) is 10.0 Å². The Hall–Kier alpha value is -0.130. The lowest BCUT2D eigenvalue weighted by molar-refractivity contribution is 0.201. The molecule has 2 saturated heterocycles. The van der Waals surface area contributed by atoms with Gasteiger partial charge in [0.1, 0.15) is 5.25 Å². The maximum Gasteiger partial charge on any atom is 0.219 e. The zero-order valence-corrected chi connectivity index (χ0v) is 11.9. The molecule has 0 spiro atoms. The van der Waals surface area contributed by atoms with E-state index in [1.165, 1.54) is 0 Å². The van der Waals surface area contributed by atoms with Gasteiger partial charge in [-0.05, 0) is 31.7 Å². The first-order valence-corrected chi connectivity index (χ1v) is 8.09. The molecule has 100 valence electrons. The molecule has 0 aromatic carbocycles. The number of sulfonamides is 1. The van der Waals surface area contributed by atoms with Gasteiger partial charge in [0.05, 0.1) is 0 Å². The molecule has 0 N–H and O–H groups in total. The van der Waals surface area contributed by atoms with Gasteiger partial charge in [-0.2, -0.15) is 0 Å². The van der Waals surface area contributed by atoms with Crippen molar-refractivity contribution < 1.29 is 8.42 Å². The number of likely N-dealkylation sites (tertiary alicyclic amines) is 1. The number of piperidine rings is 1. The second-order valence-electron chi connectivity index (χ2n) is 5.87. The average Bonchev–Trinajstić information content (AvgIpc) is 2.25. The lowest BCUT2D eigenvalue weighted by Crippen LogP contribution is -2.57. The molecule has 0 unspecified atom stereocenters. The van der Waals surface area contributed by atoms with Crippen LogP contribution in [0.5, 0.6) is 0 Å². The summed E-state index contributed by atoms with van der Waals surface area (Å²) in [5, 5.41) is -0.150. The van der Waals surface area contributed by atoms with Crippen molar-refractivity contribution in [3.05, 3.63) is 0 Å². The second kappa shape index (κ2) is 4.86. The first-order valence-electron chi connectivity index (χ1n) is 6.58. The molecule has 17 heavy (non-hydrogen) atoms. The largest absolute Gasteiger partial charge is 0.304 e. The van der Waals surface area contributed by atoms with E-state index in [4.69, 9.17) is 0 Å². The van der Waals surface area contributed by atoms with Crippen molar-refractivity contribution in [2.45, 2.75) is 31.9 Å². The zero-order valence-electron chi connectivity index (χ0n) is 11.1. The highest BCUT2D eigenvalue weighted by Crippen LogP contribution is 2.28. The summed E-state index contributed by atoms with van der Waals surface area (Å²) in [7, 11) is -1.05. The summed E-state index contributed by atoms with van der Waals surface area (Å²) in [4.78, 5) is 2.06. The van der Waals surface area contributed by atoms with Gasteiger partial charge in [0.2, 0.25) is 10.0 Å². The highest BCUT2D eigenvalue weighted by molar-refractivity contribution is 7.89. The Labute approximate surface area is 105 Å². The van der Waals surface area contributed by atoms with Gasteiger partial charge >= 0.3 is 0 Å². The van der Waals surface area contributed by atoms with E-state index in [1.807, 2.05) is 7.05 Å². The number of rotatable bonds is 3. The Morgan fingerprint density at radius 3 is 2.06 bits per heavy atom. The summed E-state index contributed by atoms with van der Waals surface area (Å²) in [6.07, 6.45) is 2.05. The Morgan fingerprint density at radius 1 is 1.12 bits per heavy atom. The van der Waals surface area contributed by atoms with Crippen LogP contribution in [0.2, 0.25) is 0 Å². The van der Waals surface area contributed by atoms with E-state index in [9.17, 15) is 8.42 Å². The summed E-state index contributed by atoms with van der Waals surface area (Å²) in [6.45, 7) is 7.32. The van der Waals surface area contributed by atoms with Crippen LogP contribution in [0, 0.1) is 11.8 Å². The lowest BCUT2D eigenvalue weighted by atomic mass is 9.87. The third-order valence-corrected chi connectivity index (χ3v) is 6.48. The average molecular weight is 260 g/mol. The van der Waals surface area contributed by atoms with Crippen LogP contribution in [0.25, 0.3) is 0 Å². The Morgan fingerprint density at radius 2 is 1.65 bits per heavy atom. The minimum absolute atomic E-state index is 0.150. The zero-order chi connectivity index (χ0) is 12.6. The molecule has 2 aliphatic heterocycles. The van der Waals surface area contributed by atoms with E-state index in [1.54, 1.807) is 4.31 Å². The van der Waals surface area contributed by atoms with E-state index in [-0.39, 0.29) is 5.25 Å². The minimum Gasteiger partial charge on any atom is -0.304 e. The molecule has 4 nitrogen and oxygen atoms in total. The summed E-state index contributed by atoms with van der Waals surface area (Å²) in [5.74, 6) is 1.38. The maximum absolute atomic E-state index is 12.3. The van der Waals surface area contributed by atoms with Crippen molar-refractivity contribution in [1.82, 2.24) is 9.21 Å². The first-order chi connectivity index (χ1) is 7.91. The minimum atomic E-state index is -3.02. The highest BCUT2D eigenvalue weighted by atomic mass is 32.2. The molecule has 0 saturated carbocycles. The van der Waals surface area contributed by atoms with Crippen LogP contribution in [-0.4, -0.2) is 56.1 Å². The van der Waals surface area contributed by atoms with Gasteiger partial charge in [0.25, 0.3) is 0 Å². The fourth-order valence-electron chi connectivity index (χ4n) is 2.84. The molecule has 0 aliphatic carbocycles. The Bertz CT molecular complexity index is 353. The number of hydrogen-bond acceptors (Lipinski definition) is 3. The van der Waals surface area contributed by atoms with Crippen molar-refractivity contribution in [2.24, 2.45) is 11.8 Å². The third kappa shape index (κ3) is 2.66. The van der Waals surface area contributed by atoms with Crippen molar-refractivity contribution in [3.63, 3.8) is 0 Å². The lowest BCUT2D eigenvalue weighted by Gasteiger charge is -2.41. The molecule has 2 rings (SSSR count).